The minimum atomic E-state index is -1.09. The highest BCUT2D eigenvalue weighted by molar-refractivity contribution is 7.98. The summed E-state index contributed by atoms with van der Waals surface area (Å²) in [7, 11) is 0. The van der Waals surface area contributed by atoms with E-state index in [1.54, 1.807) is 13.2 Å². The van der Waals surface area contributed by atoms with Crippen molar-refractivity contribution in [2.45, 2.75) is 24.4 Å². The van der Waals surface area contributed by atoms with Gasteiger partial charge in [-0.1, -0.05) is 0 Å². The van der Waals surface area contributed by atoms with Crippen molar-refractivity contribution >= 4 is 35.4 Å². The minimum Gasteiger partial charge on any atom is -0.480 e. The van der Waals surface area contributed by atoms with Crippen LogP contribution in [0.4, 0.5) is 0 Å². The number of aromatic amines is 1. The fourth-order valence-electron chi connectivity index (χ4n) is 1.70. The fourth-order valence-corrected chi connectivity index (χ4v) is 2.79. The number of carbonyl (C=O) groups excluding carboxylic acids is 1. The SMILES string of the molecule is CSCCC(NC(=O)c1c(SC)nc(=O)[nH]c1C)C(=O)O. The van der Waals surface area contributed by atoms with E-state index in [1.165, 1.54) is 11.8 Å². The molecule has 0 saturated heterocycles. The second-order valence-corrected chi connectivity index (χ2v) is 5.98. The molecule has 0 aliphatic rings. The summed E-state index contributed by atoms with van der Waals surface area (Å²) in [5, 5.41) is 11.9. The van der Waals surface area contributed by atoms with Gasteiger partial charge in [-0.05, 0) is 31.6 Å². The monoisotopic (exact) mass is 331 g/mol. The van der Waals surface area contributed by atoms with Crippen molar-refractivity contribution < 1.29 is 14.7 Å². The lowest BCUT2D eigenvalue weighted by molar-refractivity contribution is -0.139. The smallest absolute Gasteiger partial charge is 0.346 e. The lowest BCUT2D eigenvalue weighted by Gasteiger charge is -2.15. The molecular formula is C12H17N3O4S2. The first-order valence-electron chi connectivity index (χ1n) is 6.08. The van der Waals surface area contributed by atoms with Crippen LogP contribution in [0.5, 0.6) is 0 Å². The Morgan fingerprint density at radius 3 is 2.62 bits per heavy atom. The lowest BCUT2D eigenvalue weighted by Crippen LogP contribution is -2.42. The number of carbonyl (C=O) groups is 2. The van der Waals surface area contributed by atoms with Gasteiger partial charge in [-0.3, -0.25) is 4.79 Å². The van der Waals surface area contributed by atoms with Crippen molar-refractivity contribution in [3.8, 4) is 0 Å². The highest BCUT2D eigenvalue weighted by Crippen LogP contribution is 2.18. The molecule has 1 aromatic heterocycles. The van der Waals surface area contributed by atoms with Gasteiger partial charge in [-0.2, -0.15) is 16.7 Å². The fraction of sp³-hybridized carbons (Fsp3) is 0.500. The van der Waals surface area contributed by atoms with Crippen LogP contribution in [0.25, 0.3) is 0 Å². The Kier molecular flexibility index (Phi) is 6.76. The molecule has 0 saturated carbocycles. The number of hydrogen-bond acceptors (Lipinski definition) is 6. The average Bonchev–Trinajstić information content (AvgIpc) is 2.41. The molecule has 1 heterocycles. The van der Waals surface area contributed by atoms with Crippen molar-refractivity contribution in [3.05, 3.63) is 21.7 Å². The number of rotatable bonds is 7. The second-order valence-electron chi connectivity index (χ2n) is 4.20. The first-order valence-corrected chi connectivity index (χ1v) is 8.70. The molecule has 0 fully saturated rings. The molecule has 0 bridgehead atoms. The van der Waals surface area contributed by atoms with Crippen LogP contribution in [0, 0.1) is 6.92 Å². The number of carboxylic acids is 1. The third-order valence-corrected chi connectivity index (χ3v) is 4.05. The normalized spacial score (nSPS) is 12.0. The van der Waals surface area contributed by atoms with Gasteiger partial charge >= 0.3 is 11.7 Å². The van der Waals surface area contributed by atoms with Crippen LogP contribution < -0.4 is 11.0 Å². The number of amides is 1. The lowest BCUT2D eigenvalue weighted by atomic mass is 10.2. The average molecular weight is 331 g/mol. The first-order chi connectivity index (χ1) is 9.90. The van der Waals surface area contributed by atoms with Gasteiger partial charge in [0.05, 0.1) is 5.56 Å². The zero-order valence-electron chi connectivity index (χ0n) is 11.9. The molecule has 0 spiro atoms. The number of hydrogen-bond donors (Lipinski definition) is 3. The molecule has 1 aromatic rings. The van der Waals surface area contributed by atoms with E-state index in [-0.39, 0.29) is 10.6 Å². The molecule has 116 valence electrons. The molecule has 0 aliphatic heterocycles. The number of nitrogens with zero attached hydrogens (tertiary/aromatic N) is 1. The van der Waals surface area contributed by atoms with Crippen molar-refractivity contribution in [3.63, 3.8) is 0 Å². The molecule has 1 atom stereocenters. The number of thioether (sulfide) groups is 2. The van der Waals surface area contributed by atoms with Crippen molar-refractivity contribution in [2.24, 2.45) is 0 Å². The molecule has 0 radical (unpaired) electrons. The Balaban J connectivity index is 3.02. The van der Waals surface area contributed by atoms with Gasteiger partial charge in [-0.25, -0.2) is 9.59 Å². The largest absolute Gasteiger partial charge is 0.480 e. The van der Waals surface area contributed by atoms with E-state index in [4.69, 9.17) is 5.11 Å². The number of H-pyrrole nitrogens is 1. The summed E-state index contributed by atoms with van der Waals surface area (Å²) in [6.07, 6.45) is 3.88. The Morgan fingerprint density at radius 2 is 2.10 bits per heavy atom. The quantitative estimate of drug-likeness (QED) is 0.499. The molecule has 0 aromatic carbocycles. The summed E-state index contributed by atoms with van der Waals surface area (Å²) >= 11 is 2.67. The zero-order valence-corrected chi connectivity index (χ0v) is 13.6. The molecule has 21 heavy (non-hydrogen) atoms. The number of nitrogens with one attached hydrogen (secondary N) is 2. The van der Waals surface area contributed by atoms with Gasteiger partial charge in [0.15, 0.2) is 0 Å². The van der Waals surface area contributed by atoms with Crippen LogP contribution in [0.2, 0.25) is 0 Å². The predicted molar refractivity (Wildman–Crippen MR) is 83.3 cm³/mol. The van der Waals surface area contributed by atoms with Gasteiger partial charge in [0.25, 0.3) is 5.91 Å². The molecule has 1 unspecified atom stereocenters. The number of carboxylic acid groups (broad SMARTS) is 1. The molecule has 7 nitrogen and oxygen atoms in total. The number of aliphatic carboxylic acids is 1. The summed E-state index contributed by atoms with van der Waals surface area (Å²) in [5.74, 6) is -1.01. The van der Waals surface area contributed by atoms with Gasteiger partial charge < -0.3 is 15.4 Å². The van der Waals surface area contributed by atoms with Gasteiger partial charge in [0.1, 0.15) is 11.1 Å². The summed E-state index contributed by atoms with van der Waals surface area (Å²) in [4.78, 5) is 40.9. The minimum absolute atomic E-state index is 0.206. The number of aromatic nitrogens is 2. The van der Waals surface area contributed by atoms with E-state index in [1.807, 2.05) is 6.26 Å². The maximum absolute atomic E-state index is 12.3. The first kappa shape index (κ1) is 17.6. The highest BCUT2D eigenvalue weighted by Gasteiger charge is 2.23. The van der Waals surface area contributed by atoms with E-state index in [9.17, 15) is 14.4 Å². The van der Waals surface area contributed by atoms with Crippen molar-refractivity contribution in [2.75, 3.05) is 18.3 Å². The predicted octanol–water partition coefficient (Wildman–Crippen LogP) is 0.736. The standard InChI is InChI=1S/C12H17N3O4S2/c1-6-8(10(21-3)15-12(19)13-6)9(16)14-7(11(17)18)4-5-20-2/h7H,4-5H2,1-3H3,(H,14,16)(H,17,18)(H,13,15,19). The van der Waals surface area contributed by atoms with E-state index in [0.29, 0.717) is 17.9 Å². The van der Waals surface area contributed by atoms with Crippen LogP contribution in [0.1, 0.15) is 22.5 Å². The van der Waals surface area contributed by atoms with E-state index >= 15 is 0 Å². The molecule has 0 aliphatic carbocycles. The van der Waals surface area contributed by atoms with Crippen LogP contribution in [-0.2, 0) is 4.79 Å². The molecule has 1 amide bonds. The molecule has 1 rings (SSSR count). The zero-order chi connectivity index (χ0) is 16.0. The molecule has 3 N–H and O–H groups in total. The van der Waals surface area contributed by atoms with E-state index in [0.717, 1.165) is 11.8 Å². The highest BCUT2D eigenvalue weighted by atomic mass is 32.2. The summed E-state index contributed by atoms with van der Waals surface area (Å²) in [5.41, 5.74) is 0.0360. The maximum atomic E-state index is 12.3. The maximum Gasteiger partial charge on any atom is 0.346 e. The van der Waals surface area contributed by atoms with Gasteiger partial charge in [-0.15, -0.1) is 11.8 Å². The van der Waals surface area contributed by atoms with E-state index < -0.39 is 23.6 Å². The van der Waals surface area contributed by atoms with Crippen molar-refractivity contribution in [1.82, 2.24) is 15.3 Å². The van der Waals surface area contributed by atoms with Crippen LogP contribution >= 0.6 is 23.5 Å². The summed E-state index contributed by atoms with van der Waals surface area (Å²) in [6.45, 7) is 1.58. The van der Waals surface area contributed by atoms with E-state index in [2.05, 4.69) is 15.3 Å². The number of aryl methyl sites for hydroxylation is 1. The van der Waals surface area contributed by atoms with Crippen LogP contribution in [-0.4, -0.2) is 51.3 Å². The Labute approximate surface area is 130 Å². The second kappa shape index (κ2) is 8.08. The third-order valence-electron chi connectivity index (χ3n) is 2.72. The van der Waals surface area contributed by atoms with Crippen molar-refractivity contribution in [1.29, 1.82) is 0 Å². The molecule has 9 heteroatoms. The summed E-state index contributed by atoms with van der Waals surface area (Å²) in [6, 6.07) is -0.967. The Morgan fingerprint density at radius 1 is 1.43 bits per heavy atom. The van der Waals surface area contributed by atoms with Crippen LogP contribution in [0.3, 0.4) is 0 Å². The molecular weight excluding hydrogens is 314 g/mol. The Hall–Kier alpha value is -1.48. The van der Waals surface area contributed by atoms with Gasteiger partial charge in [0.2, 0.25) is 0 Å². The van der Waals surface area contributed by atoms with Gasteiger partial charge in [0, 0.05) is 5.69 Å². The van der Waals surface area contributed by atoms with Crippen LogP contribution in [0.15, 0.2) is 9.82 Å². The topological polar surface area (TPSA) is 112 Å². The Bertz CT molecular complexity index is 588. The third kappa shape index (κ3) is 4.78. The summed E-state index contributed by atoms with van der Waals surface area (Å²) < 4.78 is 0.